The molecule has 2 aromatic carbocycles. The second kappa shape index (κ2) is 8.48. The predicted octanol–water partition coefficient (Wildman–Crippen LogP) is 3.59. The first kappa shape index (κ1) is 20.8. The Bertz CT molecular complexity index is 1330. The average Bonchev–Trinajstić information content (AvgIpc) is 3.42. The SMILES string of the molecule is CCn1c(=O)c2ccccc2n2c(CN(C(C)COC)C3CCc4ccccc43)nnc12. The van der Waals surface area contributed by atoms with Crippen molar-refractivity contribution in [3.8, 4) is 0 Å². The number of hydrogen-bond donors (Lipinski definition) is 0. The fraction of sp³-hybridized carbons (Fsp3) is 0.400. The van der Waals surface area contributed by atoms with Crippen LogP contribution in [0.4, 0.5) is 0 Å². The largest absolute Gasteiger partial charge is 0.383 e. The van der Waals surface area contributed by atoms with Gasteiger partial charge in [0.15, 0.2) is 5.82 Å². The lowest BCUT2D eigenvalue weighted by atomic mass is 10.1. The minimum absolute atomic E-state index is 0.0242. The molecule has 7 heteroatoms. The number of ether oxygens (including phenoxy) is 1. The Morgan fingerprint density at radius 3 is 2.75 bits per heavy atom. The molecule has 0 radical (unpaired) electrons. The van der Waals surface area contributed by atoms with E-state index in [1.165, 1.54) is 11.1 Å². The molecule has 2 unspecified atom stereocenters. The molecule has 0 aliphatic heterocycles. The highest BCUT2D eigenvalue weighted by molar-refractivity contribution is 5.80. The Morgan fingerprint density at radius 2 is 1.94 bits per heavy atom. The number of nitrogens with zero attached hydrogens (tertiary/aromatic N) is 5. The van der Waals surface area contributed by atoms with Crippen molar-refractivity contribution < 1.29 is 4.74 Å². The van der Waals surface area contributed by atoms with Crippen molar-refractivity contribution in [3.63, 3.8) is 0 Å². The molecule has 0 fully saturated rings. The van der Waals surface area contributed by atoms with Crippen LogP contribution in [-0.2, 0) is 24.2 Å². The molecule has 1 aliphatic carbocycles. The van der Waals surface area contributed by atoms with Crippen molar-refractivity contribution in [1.29, 1.82) is 0 Å². The summed E-state index contributed by atoms with van der Waals surface area (Å²) in [4.78, 5) is 15.5. The van der Waals surface area contributed by atoms with Crippen molar-refractivity contribution in [1.82, 2.24) is 24.1 Å². The lowest BCUT2D eigenvalue weighted by molar-refractivity contribution is 0.0608. The lowest BCUT2D eigenvalue weighted by Crippen LogP contribution is -2.38. The standard InChI is InChI=1S/C25H29N5O2/c1-4-28-24(31)20-11-7-8-12-22(20)30-23(26-27-25(28)30)15-29(17(2)16-32-3)21-14-13-18-9-5-6-10-19(18)21/h5-12,17,21H,4,13-16H2,1-3H3. The zero-order valence-electron chi connectivity index (χ0n) is 18.9. The summed E-state index contributed by atoms with van der Waals surface area (Å²) in [5, 5.41) is 9.71. The monoisotopic (exact) mass is 431 g/mol. The molecular formula is C25H29N5O2. The van der Waals surface area contributed by atoms with Gasteiger partial charge in [-0.25, -0.2) is 0 Å². The molecule has 166 valence electrons. The Hall–Kier alpha value is -3.03. The van der Waals surface area contributed by atoms with Crippen LogP contribution >= 0.6 is 0 Å². The first-order chi connectivity index (χ1) is 15.6. The van der Waals surface area contributed by atoms with Crippen molar-refractivity contribution in [2.45, 2.75) is 51.9 Å². The Balaban J connectivity index is 1.64. The van der Waals surface area contributed by atoms with Crippen LogP contribution in [0.15, 0.2) is 53.3 Å². The van der Waals surface area contributed by atoms with Gasteiger partial charge in [0, 0.05) is 25.7 Å². The number of benzene rings is 2. The van der Waals surface area contributed by atoms with Gasteiger partial charge in [-0.3, -0.25) is 18.7 Å². The molecule has 2 heterocycles. The third kappa shape index (κ3) is 3.32. The van der Waals surface area contributed by atoms with Gasteiger partial charge < -0.3 is 4.74 Å². The topological polar surface area (TPSA) is 64.7 Å². The van der Waals surface area contributed by atoms with E-state index >= 15 is 0 Å². The minimum Gasteiger partial charge on any atom is -0.383 e. The summed E-state index contributed by atoms with van der Waals surface area (Å²) in [5.74, 6) is 1.43. The van der Waals surface area contributed by atoms with Gasteiger partial charge in [-0.15, -0.1) is 10.2 Å². The summed E-state index contributed by atoms with van der Waals surface area (Å²) < 4.78 is 9.28. The summed E-state index contributed by atoms with van der Waals surface area (Å²) in [6, 6.07) is 16.9. The molecule has 7 nitrogen and oxygen atoms in total. The zero-order valence-corrected chi connectivity index (χ0v) is 18.9. The fourth-order valence-corrected chi connectivity index (χ4v) is 5.15. The highest BCUT2D eigenvalue weighted by Gasteiger charge is 2.32. The van der Waals surface area contributed by atoms with E-state index in [9.17, 15) is 4.79 Å². The highest BCUT2D eigenvalue weighted by atomic mass is 16.5. The normalized spacial score (nSPS) is 16.8. The highest BCUT2D eigenvalue weighted by Crippen LogP contribution is 2.37. The minimum atomic E-state index is -0.0242. The molecule has 2 atom stereocenters. The van der Waals surface area contributed by atoms with Gasteiger partial charge in [-0.1, -0.05) is 36.4 Å². The first-order valence-corrected chi connectivity index (χ1v) is 11.3. The van der Waals surface area contributed by atoms with Crippen LogP contribution < -0.4 is 5.56 Å². The van der Waals surface area contributed by atoms with Gasteiger partial charge >= 0.3 is 0 Å². The second-order valence-electron chi connectivity index (χ2n) is 8.55. The van der Waals surface area contributed by atoms with E-state index in [4.69, 9.17) is 4.74 Å². The van der Waals surface area contributed by atoms with E-state index in [2.05, 4.69) is 46.3 Å². The van der Waals surface area contributed by atoms with Gasteiger partial charge in [0.05, 0.1) is 24.1 Å². The maximum atomic E-state index is 13.0. The van der Waals surface area contributed by atoms with E-state index in [1.54, 1.807) is 11.7 Å². The Kier molecular flexibility index (Phi) is 5.53. The molecule has 0 saturated carbocycles. The van der Waals surface area contributed by atoms with E-state index in [1.807, 2.05) is 35.6 Å². The smallest absolute Gasteiger partial charge is 0.262 e. The molecule has 2 aromatic heterocycles. The van der Waals surface area contributed by atoms with Crippen LogP contribution in [-0.4, -0.2) is 43.8 Å². The number of aromatic nitrogens is 4. The Morgan fingerprint density at radius 1 is 1.16 bits per heavy atom. The van der Waals surface area contributed by atoms with E-state index in [-0.39, 0.29) is 11.6 Å². The molecule has 1 aliphatic rings. The fourth-order valence-electron chi connectivity index (χ4n) is 5.15. The summed E-state index contributed by atoms with van der Waals surface area (Å²) in [6.45, 7) is 5.97. The van der Waals surface area contributed by atoms with Crippen molar-refractivity contribution in [3.05, 3.63) is 75.8 Å². The first-order valence-electron chi connectivity index (χ1n) is 11.3. The molecule has 5 rings (SSSR count). The Labute approximate surface area is 187 Å². The number of para-hydroxylation sites is 1. The lowest BCUT2D eigenvalue weighted by Gasteiger charge is -2.34. The summed E-state index contributed by atoms with van der Waals surface area (Å²) in [5.41, 5.74) is 3.63. The van der Waals surface area contributed by atoms with E-state index in [0.29, 0.717) is 36.9 Å². The molecule has 32 heavy (non-hydrogen) atoms. The van der Waals surface area contributed by atoms with Crippen LogP contribution in [0.2, 0.25) is 0 Å². The molecule has 0 bridgehead atoms. The average molecular weight is 432 g/mol. The predicted molar refractivity (Wildman–Crippen MR) is 125 cm³/mol. The van der Waals surface area contributed by atoms with Crippen LogP contribution in [0.3, 0.4) is 0 Å². The summed E-state index contributed by atoms with van der Waals surface area (Å²) in [6.07, 6.45) is 2.15. The maximum absolute atomic E-state index is 13.0. The number of rotatable bonds is 7. The third-order valence-electron chi connectivity index (χ3n) is 6.69. The van der Waals surface area contributed by atoms with Crippen LogP contribution in [0.25, 0.3) is 16.7 Å². The zero-order chi connectivity index (χ0) is 22.2. The van der Waals surface area contributed by atoms with Gasteiger partial charge in [0.25, 0.3) is 5.56 Å². The number of hydrogen-bond acceptors (Lipinski definition) is 5. The molecule has 0 saturated heterocycles. The quantitative estimate of drug-likeness (QED) is 0.447. The second-order valence-corrected chi connectivity index (χ2v) is 8.55. The van der Waals surface area contributed by atoms with Gasteiger partial charge in [-0.2, -0.15) is 0 Å². The van der Waals surface area contributed by atoms with Crippen molar-refractivity contribution in [2.24, 2.45) is 0 Å². The van der Waals surface area contributed by atoms with Crippen LogP contribution in [0.1, 0.15) is 43.3 Å². The third-order valence-corrected chi connectivity index (χ3v) is 6.69. The molecule has 4 aromatic rings. The van der Waals surface area contributed by atoms with Gasteiger partial charge in [-0.05, 0) is 49.9 Å². The summed E-state index contributed by atoms with van der Waals surface area (Å²) >= 11 is 0. The van der Waals surface area contributed by atoms with Crippen LogP contribution in [0, 0.1) is 0 Å². The van der Waals surface area contributed by atoms with E-state index in [0.717, 1.165) is 24.2 Å². The molecular weight excluding hydrogens is 402 g/mol. The van der Waals surface area contributed by atoms with Crippen molar-refractivity contribution >= 4 is 16.7 Å². The molecule has 0 spiro atoms. The number of aryl methyl sites for hydroxylation is 2. The van der Waals surface area contributed by atoms with Gasteiger partial charge in [0.1, 0.15) is 0 Å². The van der Waals surface area contributed by atoms with E-state index < -0.39 is 0 Å². The number of methoxy groups -OCH3 is 1. The molecule has 0 amide bonds. The number of fused-ring (bicyclic) bond motifs is 4. The van der Waals surface area contributed by atoms with Crippen molar-refractivity contribution in [2.75, 3.05) is 13.7 Å². The van der Waals surface area contributed by atoms with Crippen LogP contribution in [0.5, 0.6) is 0 Å². The van der Waals surface area contributed by atoms with Gasteiger partial charge in [0.2, 0.25) is 5.78 Å². The maximum Gasteiger partial charge on any atom is 0.262 e. The summed E-state index contributed by atoms with van der Waals surface area (Å²) in [7, 11) is 1.75. The molecule has 0 N–H and O–H groups in total.